The Morgan fingerprint density at radius 2 is 1.77 bits per heavy atom. The lowest BCUT2D eigenvalue weighted by Crippen LogP contribution is -2.40. The van der Waals surface area contributed by atoms with Crippen molar-refractivity contribution in [3.8, 4) is 0 Å². The smallest absolute Gasteiger partial charge is 0.227 e. The summed E-state index contributed by atoms with van der Waals surface area (Å²) < 4.78 is 39.0. The molecule has 1 saturated heterocycles. The maximum absolute atomic E-state index is 13.2. The first-order valence-corrected chi connectivity index (χ1v) is 13.2. The largest absolute Gasteiger partial charge is 0.385 e. The average molecular weight is 442 g/mol. The quantitative estimate of drug-likeness (QED) is 0.525. The minimum Gasteiger partial charge on any atom is -0.385 e. The van der Waals surface area contributed by atoms with Crippen molar-refractivity contribution in [2.75, 3.05) is 39.7 Å². The van der Waals surface area contributed by atoms with E-state index in [1.165, 1.54) is 25.7 Å². The zero-order valence-corrected chi connectivity index (χ0v) is 19.5. The minimum absolute atomic E-state index is 0.219. The third kappa shape index (κ3) is 6.28. The van der Waals surface area contributed by atoms with Crippen molar-refractivity contribution in [3.05, 3.63) is 11.9 Å². The van der Waals surface area contributed by atoms with Gasteiger partial charge in [-0.1, -0.05) is 25.7 Å². The average Bonchev–Trinajstić information content (AvgIpc) is 3.15. The second-order valence-corrected chi connectivity index (χ2v) is 10.8. The van der Waals surface area contributed by atoms with Crippen LogP contribution >= 0.6 is 0 Å². The van der Waals surface area contributed by atoms with Gasteiger partial charge in [-0.2, -0.15) is 0 Å². The predicted octanol–water partition coefficient (Wildman–Crippen LogP) is 3.27. The van der Waals surface area contributed by atoms with E-state index in [1.807, 2.05) is 4.57 Å². The minimum atomic E-state index is -3.41. The number of piperidine rings is 1. The molecule has 0 aromatic carbocycles. The Kier molecular flexibility index (Phi) is 9.16. The molecule has 7 nitrogen and oxygen atoms in total. The van der Waals surface area contributed by atoms with Crippen LogP contribution in [0.2, 0.25) is 0 Å². The van der Waals surface area contributed by atoms with Crippen molar-refractivity contribution < 1.29 is 17.9 Å². The van der Waals surface area contributed by atoms with E-state index in [1.54, 1.807) is 20.4 Å². The fourth-order valence-corrected chi connectivity index (χ4v) is 6.84. The summed E-state index contributed by atoms with van der Waals surface area (Å²) in [5, 5.41) is 0.227. The molecule has 1 aromatic heterocycles. The third-order valence-corrected chi connectivity index (χ3v) is 8.44. The predicted molar refractivity (Wildman–Crippen MR) is 117 cm³/mol. The molecule has 0 radical (unpaired) electrons. The number of likely N-dealkylation sites (tertiary alicyclic amines) is 1. The van der Waals surface area contributed by atoms with Crippen molar-refractivity contribution in [3.63, 3.8) is 0 Å². The van der Waals surface area contributed by atoms with Gasteiger partial charge in [-0.25, -0.2) is 13.4 Å². The van der Waals surface area contributed by atoms with Crippen LogP contribution in [0, 0.1) is 5.92 Å². The summed E-state index contributed by atoms with van der Waals surface area (Å²) in [6, 6.07) is 0.478. The Morgan fingerprint density at radius 3 is 2.50 bits per heavy atom. The van der Waals surface area contributed by atoms with E-state index >= 15 is 0 Å². The summed E-state index contributed by atoms with van der Waals surface area (Å²) in [6.07, 6.45) is 11.9. The number of methoxy groups -OCH3 is 2. The summed E-state index contributed by atoms with van der Waals surface area (Å²) in [7, 11) is -0.0134. The monoisotopic (exact) mass is 441 g/mol. The van der Waals surface area contributed by atoms with E-state index in [2.05, 4.69) is 9.88 Å². The van der Waals surface area contributed by atoms with Crippen molar-refractivity contribution in [1.82, 2.24) is 14.5 Å². The van der Waals surface area contributed by atoms with E-state index in [0.29, 0.717) is 19.2 Å². The normalized spacial score (nSPS) is 21.9. The lowest BCUT2D eigenvalue weighted by Gasteiger charge is -2.35. The van der Waals surface area contributed by atoms with Gasteiger partial charge in [0.2, 0.25) is 15.0 Å². The van der Waals surface area contributed by atoms with Gasteiger partial charge in [0, 0.05) is 40.0 Å². The second-order valence-electron chi connectivity index (χ2n) is 8.86. The molecule has 30 heavy (non-hydrogen) atoms. The first-order chi connectivity index (χ1) is 14.5. The van der Waals surface area contributed by atoms with Crippen LogP contribution in [0.1, 0.15) is 63.5 Å². The first kappa shape index (κ1) is 23.7. The lowest BCUT2D eigenvalue weighted by molar-refractivity contribution is 0.0945. The van der Waals surface area contributed by atoms with Crippen LogP contribution < -0.4 is 0 Å². The summed E-state index contributed by atoms with van der Waals surface area (Å²) in [4.78, 5) is 6.90. The number of imidazole rings is 1. The van der Waals surface area contributed by atoms with Crippen LogP contribution in [-0.2, 0) is 32.4 Å². The van der Waals surface area contributed by atoms with Gasteiger partial charge in [0.25, 0.3) is 0 Å². The van der Waals surface area contributed by atoms with Gasteiger partial charge in [-0.05, 0) is 44.6 Å². The van der Waals surface area contributed by atoms with Gasteiger partial charge >= 0.3 is 0 Å². The van der Waals surface area contributed by atoms with Gasteiger partial charge < -0.3 is 14.0 Å². The number of aromatic nitrogens is 2. The number of rotatable bonds is 11. The highest BCUT2D eigenvalue weighted by Gasteiger charge is 2.29. The van der Waals surface area contributed by atoms with Gasteiger partial charge in [0.1, 0.15) is 0 Å². The van der Waals surface area contributed by atoms with Crippen LogP contribution in [-0.4, -0.2) is 68.6 Å². The Morgan fingerprint density at radius 1 is 1.03 bits per heavy atom. The van der Waals surface area contributed by atoms with Gasteiger partial charge in [-0.3, -0.25) is 4.90 Å². The number of hydrogen-bond acceptors (Lipinski definition) is 6. The number of nitrogens with zero attached hydrogens (tertiary/aromatic N) is 3. The topological polar surface area (TPSA) is 73.7 Å². The lowest BCUT2D eigenvalue weighted by atomic mass is 9.91. The summed E-state index contributed by atoms with van der Waals surface area (Å²) in [5.74, 6) is 0.483. The second kappa shape index (κ2) is 11.6. The Labute approximate surface area is 182 Å². The number of sulfone groups is 1. The molecule has 2 aliphatic rings. The molecule has 172 valence electrons. The molecule has 1 aliphatic heterocycles. The van der Waals surface area contributed by atoms with Crippen molar-refractivity contribution in [1.29, 1.82) is 0 Å². The fourth-order valence-electron chi connectivity index (χ4n) is 4.98. The molecule has 1 saturated carbocycles. The van der Waals surface area contributed by atoms with E-state index in [4.69, 9.17) is 9.47 Å². The molecule has 0 N–H and O–H groups in total. The zero-order valence-electron chi connectivity index (χ0n) is 18.7. The standard InChI is InChI=1S/C22H39N3O4S/c1-28-14-11-20-10-6-7-12-24(20)17-21-16-23-22(25(21)13-15-29-2)30(26,27)18-19-8-4-3-5-9-19/h16,19-20H,3-15,17-18H2,1-2H3. The van der Waals surface area contributed by atoms with Crippen molar-refractivity contribution >= 4 is 9.84 Å². The highest BCUT2D eigenvalue weighted by molar-refractivity contribution is 7.91. The number of ether oxygens (including phenoxy) is 2. The highest BCUT2D eigenvalue weighted by atomic mass is 32.2. The van der Waals surface area contributed by atoms with Crippen LogP contribution in [0.4, 0.5) is 0 Å². The van der Waals surface area contributed by atoms with Gasteiger partial charge in [-0.15, -0.1) is 0 Å². The van der Waals surface area contributed by atoms with Crippen LogP contribution in [0.15, 0.2) is 11.4 Å². The zero-order chi connectivity index (χ0) is 21.4. The first-order valence-electron chi connectivity index (χ1n) is 11.5. The molecule has 3 rings (SSSR count). The fraction of sp³-hybridized carbons (Fsp3) is 0.864. The summed E-state index contributed by atoms with van der Waals surface area (Å²) in [6.45, 7) is 3.51. The molecular formula is C22H39N3O4S. The maximum atomic E-state index is 13.2. The molecule has 0 amide bonds. The van der Waals surface area contributed by atoms with Crippen molar-refractivity contribution in [2.24, 2.45) is 5.92 Å². The molecule has 2 heterocycles. The highest BCUT2D eigenvalue weighted by Crippen LogP contribution is 2.28. The van der Waals surface area contributed by atoms with Gasteiger partial charge in [0.05, 0.1) is 24.3 Å². The van der Waals surface area contributed by atoms with E-state index in [0.717, 1.165) is 57.5 Å². The molecular weight excluding hydrogens is 402 g/mol. The van der Waals surface area contributed by atoms with Crippen LogP contribution in [0.5, 0.6) is 0 Å². The van der Waals surface area contributed by atoms with E-state index in [-0.39, 0.29) is 16.8 Å². The summed E-state index contributed by atoms with van der Waals surface area (Å²) in [5.41, 5.74) is 0.971. The third-order valence-electron chi connectivity index (χ3n) is 6.65. The molecule has 8 heteroatoms. The van der Waals surface area contributed by atoms with Crippen LogP contribution in [0.25, 0.3) is 0 Å². The molecule has 1 aromatic rings. The van der Waals surface area contributed by atoms with E-state index in [9.17, 15) is 8.42 Å². The van der Waals surface area contributed by atoms with Crippen LogP contribution in [0.3, 0.4) is 0 Å². The van der Waals surface area contributed by atoms with Gasteiger partial charge in [0.15, 0.2) is 0 Å². The molecule has 1 atom stereocenters. The molecule has 0 bridgehead atoms. The molecule has 2 fully saturated rings. The Bertz CT molecular complexity index is 744. The summed E-state index contributed by atoms with van der Waals surface area (Å²) >= 11 is 0. The SMILES string of the molecule is COCCC1CCCCN1Cc1cnc(S(=O)(=O)CC2CCCCC2)n1CCOC. The Balaban J connectivity index is 1.78. The molecule has 1 unspecified atom stereocenters. The van der Waals surface area contributed by atoms with E-state index < -0.39 is 9.84 Å². The van der Waals surface area contributed by atoms with Crippen molar-refractivity contribution in [2.45, 2.75) is 82.1 Å². The molecule has 0 spiro atoms. The number of hydrogen-bond donors (Lipinski definition) is 0. The maximum Gasteiger partial charge on any atom is 0.227 e. The molecule has 1 aliphatic carbocycles. The Hall–Kier alpha value is -0.960.